The van der Waals surface area contributed by atoms with Crippen LogP contribution in [0, 0.1) is 20.8 Å². The highest BCUT2D eigenvalue weighted by molar-refractivity contribution is 6.09. The molecular weight excluding hydrogens is 635 g/mol. The minimum atomic E-state index is 0.809. The summed E-state index contributed by atoms with van der Waals surface area (Å²) in [5, 5.41) is 12.1. The highest BCUT2D eigenvalue weighted by Gasteiger charge is 2.21. The first-order chi connectivity index (χ1) is 25.5. The van der Waals surface area contributed by atoms with E-state index in [1.54, 1.807) is 0 Å². The van der Waals surface area contributed by atoms with Crippen LogP contribution < -0.4 is 4.90 Å². The second-order valence-corrected chi connectivity index (χ2v) is 13.4. The van der Waals surface area contributed by atoms with Gasteiger partial charge in [0.25, 0.3) is 0 Å². The number of aryl methyl sites for hydroxylation is 3. The molecule has 0 atom stereocenters. The predicted molar refractivity (Wildman–Crippen MR) is 215 cm³/mol. The van der Waals surface area contributed by atoms with Crippen molar-refractivity contribution in [1.82, 2.24) is 19.3 Å². The second kappa shape index (κ2) is 12.9. The van der Waals surface area contributed by atoms with Crippen LogP contribution in [0.4, 0.5) is 17.1 Å². The van der Waals surface area contributed by atoms with Gasteiger partial charge in [-0.2, -0.15) is 0 Å². The van der Waals surface area contributed by atoms with Gasteiger partial charge in [-0.3, -0.25) is 4.57 Å². The molecule has 0 bridgehead atoms. The van der Waals surface area contributed by atoms with Gasteiger partial charge in [0.1, 0.15) is 0 Å². The lowest BCUT2D eigenvalue weighted by molar-refractivity contribution is 1.06. The molecule has 0 aliphatic carbocycles. The van der Waals surface area contributed by atoms with Crippen LogP contribution in [0.5, 0.6) is 0 Å². The molecule has 0 saturated carbocycles. The summed E-state index contributed by atoms with van der Waals surface area (Å²) in [6, 6.07) is 60.2. The molecule has 2 heterocycles. The Morgan fingerprint density at radius 1 is 0.423 bits per heavy atom. The Morgan fingerprint density at radius 3 is 1.42 bits per heavy atom. The molecule has 0 radical (unpaired) electrons. The Hall–Kier alpha value is -6.72. The third-order valence-electron chi connectivity index (χ3n) is 9.92. The fourth-order valence-corrected chi connectivity index (χ4v) is 7.72. The number of benzene rings is 7. The van der Waals surface area contributed by atoms with Crippen molar-refractivity contribution in [2.45, 2.75) is 20.8 Å². The first-order valence-corrected chi connectivity index (χ1v) is 17.7. The number of para-hydroxylation sites is 3. The summed E-state index contributed by atoms with van der Waals surface area (Å²) in [5.74, 6) is 1.64. The van der Waals surface area contributed by atoms with E-state index < -0.39 is 0 Å². The van der Waals surface area contributed by atoms with Crippen molar-refractivity contribution in [3.05, 3.63) is 187 Å². The van der Waals surface area contributed by atoms with E-state index >= 15 is 0 Å². The molecule has 0 spiro atoms. The predicted octanol–water partition coefficient (Wildman–Crippen LogP) is 12.1. The standard InChI is InChI=1S/C47H37N5/c1-32-30-33(2)45(34(3)31-32)47-49-48-46(35-14-6-4-7-15-35)52(47)40-28-24-38(25-29-40)50(36-16-8-5-9-17-36)37-22-26-39(27-23-37)51-43-20-12-10-18-41(43)42-19-11-13-21-44(42)51/h4-31H,1-3H3. The van der Waals surface area contributed by atoms with Crippen molar-refractivity contribution >= 4 is 38.9 Å². The molecule has 5 heteroatoms. The fraction of sp³-hybridized carbons (Fsp3) is 0.0638. The van der Waals surface area contributed by atoms with Crippen LogP contribution in [0.3, 0.4) is 0 Å². The summed E-state index contributed by atoms with van der Waals surface area (Å²) < 4.78 is 4.55. The molecule has 0 fully saturated rings. The maximum absolute atomic E-state index is 4.81. The van der Waals surface area contributed by atoms with Gasteiger partial charge in [-0.25, -0.2) is 0 Å². The van der Waals surface area contributed by atoms with Crippen molar-refractivity contribution in [3.8, 4) is 34.2 Å². The van der Waals surface area contributed by atoms with Gasteiger partial charge in [0.2, 0.25) is 0 Å². The average molecular weight is 672 g/mol. The van der Waals surface area contributed by atoms with Crippen LogP contribution in [-0.2, 0) is 0 Å². The summed E-state index contributed by atoms with van der Waals surface area (Å²) in [4.78, 5) is 2.30. The number of nitrogens with zero attached hydrogens (tertiary/aromatic N) is 5. The van der Waals surface area contributed by atoms with E-state index in [0.29, 0.717) is 0 Å². The molecule has 9 aromatic rings. The van der Waals surface area contributed by atoms with Gasteiger partial charge in [-0.05, 0) is 105 Å². The summed E-state index contributed by atoms with van der Waals surface area (Å²) in [5.41, 5.74) is 13.5. The number of rotatable bonds is 7. The van der Waals surface area contributed by atoms with Crippen molar-refractivity contribution in [2.24, 2.45) is 0 Å². The molecule has 9 rings (SSSR count). The summed E-state index contributed by atoms with van der Waals surface area (Å²) in [7, 11) is 0. The minimum Gasteiger partial charge on any atom is -0.311 e. The topological polar surface area (TPSA) is 38.9 Å². The molecule has 2 aromatic heterocycles. The fourth-order valence-electron chi connectivity index (χ4n) is 7.72. The number of anilines is 3. The van der Waals surface area contributed by atoms with E-state index in [1.165, 1.54) is 38.5 Å². The summed E-state index contributed by atoms with van der Waals surface area (Å²) >= 11 is 0. The summed E-state index contributed by atoms with van der Waals surface area (Å²) in [6.45, 7) is 6.45. The van der Waals surface area contributed by atoms with E-state index in [2.05, 4.69) is 186 Å². The molecule has 7 aromatic carbocycles. The Bertz CT molecular complexity index is 2610. The normalized spacial score (nSPS) is 11.4. The third-order valence-corrected chi connectivity index (χ3v) is 9.92. The molecule has 52 heavy (non-hydrogen) atoms. The van der Waals surface area contributed by atoms with Gasteiger partial charge in [0.15, 0.2) is 11.6 Å². The van der Waals surface area contributed by atoms with E-state index in [4.69, 9.17) is 10.2 Å². The van der Waals surface area contributed by atoms with Crippen molar-refractivity contribution in [2.75, 3.05) is 4.90 Å². The second-order valence-electron chi connectivity index (χ2n) is 13.4. The van der Waals surface area contributed by atoms with Crippen LogP contribution >= 0.6 is 0 Å². The molecule has 0 saturated heterocycles. The van der Waals surface area contributed by atoms with E-state index in [1.807, 2.05) is 18.2 Å². The van der Waals surface area contributed by atoms with E-state index in [9.17, 15) is 0 Å². The SMILES string of the molecule is Cc1cc(C)c(-c2nnc(-c3ccccc3)n2-c2ccc(N(c3ccccc3)c3ccc(-n4c5ccccc5c5ccccc54)cc3)cc2)c(C)c1. The lowest BCUT2D eigenvalue weighted by Crippen LogP contribution is -2.10. The molecular formula is C47H37N5. The zero-order valence-electron chi connectivity index (χ0n) is 29.4. The van der Waals surface area contributed by atoms with Crippen LogP contribution in [0.1, 0.15) is 16.7 Å². The van der Waals surface area contributed by atoms with Gasteiger partial charge in [0, 0.05) is 50.3 Å². The van der Waals surface area contributed by atoms with Gasteiger partial charge in [0.05, 0.1) is 11.0 Å². The summed E-state index contributed by atoms with van der Waals surface area (Å²) in [6.07, 6.45) is 0. The zero-order valence-corrected chi connectivity index (χ0v) is 29.4. The number of fused-ring (bicyclic) bond motifs is 3. The lowest BCUT2D eigenvalue weighted by Gasteiger charge is -2.26. The molecule has 5 nitrogen and oxygen atoms in total. The first-order valence-electron chi connectivity index (χ1n) is 17.7. The van der Waals surface area contributed by atoms with Gasteiger partial charge in [-0.1, -0.05) is 103 Å². The van der Waals surface area contributed by atoms with Crippen LogP contribution in [0.25, 0.3) is 56.0 Å². The molecule has 0 N–H and O–H groups in total. The van der Waals surface area contributed by atoms with Crippen LogP contribution in [0.15, 0.2) is 170 Å². The number of hydrogen-bond acceptors (Lipinski definition) is 3. The third kappa shape index (κ3) is 5.35. The molecule has 0 amide bonds. The van der Waals surface area contributed by atoms with Crippen molar-refractivity contribution < 1.29 is 0 Å². The van der Waals surface area contributed by atoms with Gasteiger partial charge < -0.3 is 9.47 Å². The largest absolute Gasteiger partial charge is 0.311 e. The Kier molecular flexibility index (Phi) is 7.74. The monoisotopic (exact) mass is 671 g/mol. The van der Waals surface area contributed by atoms with Crippen molar-refractivity contribution in [3.63, 3.8) is 0 Å². The zero-order chi connectivity index (χ0) is 35.2. The average Bonchev–Trinajstić information content (AvgIpc) is 3.76. The molecule has 250 valence electrons. The number of aromatic nitrogens is 4. The van der Waals surface area contributed by atoms with E-state index in [0.717, 1.165) is 51.2 Å². The van der Waals surface area contributed by atoms with Gasteiger partial charge >= 0.3 is 0 Å². The smallest absolute Gasteiger partial charge is 0.169 e. The Morgan fingerprint density at radius 2 is 0.865 bits per heavy atom. The minimum absolute atomic E-state index is 0.809. The Balaban J connectivity index is 1.15. The lowest BCUT2D eigenvalue weighted by atomic mass is 9.99. The number of hydrogen-bond donors (Lipinski definition) is 0. The first kappa shape index (κ1) is 31.3. The Labute approximate surface area is 303 Å². The molecule has 0 aliphatic heterocycles. The molecule has 0 aliphatic rings. The van der Waals surface area contributed by atoms with Gasteiger partial charge in [-0.15, -0.1) is 10.2 Å². The maximum Gasteiger partial charge on any atom is 0.169 e. The highest BCUT2D eigenvalue weighted by atomic mass is 15.3. The highest BCUT2D eigenvalue weighted by Crippen LogP contribution is 2.38. The molecule has 0 unspecified atom stereocenters. The maximum atomic E-state index is 4.81. The van der Waals surface area contributed by atoms with Crippen molar-refractivity contribution in [1.29, 1.82) is 0 Å². The van der Waals surface area contributed by atoms with Crippen LogP contribution in [0.2, 0.25) is 0 Å². The van der Waals surface area contributed by atoms with E-state index in [-0.39, 0.29) is 0 Å². The quantitative estimate of drug-likeness (QED) is 0.169. The van der Waals surface area contributed by atoms with Crippen LogP contribution in [-0.4, -0.2) is 19.3 Å².